The summed E-state index contributed by atoms with van der Waals surface area (Å²) in [5.74, 6) is -0.694. The number of hydrogen-bond donors (Lipinski definition) is 0. The minimum atomic E-state index is -0.599. The topological polar surface area (TPSA) is 55.8 Å². The second-order valence-corrected chi connectivity index (χ2v) is 12.1. The summed E-state index contributed by atoms with van der Waals surface area (Å²) >= 11 is 1.63. The third-order valence-electron chi connectivity index (χ3n) is 6.50. The summed E-state index contributed by atoms with van der Waals surface area (Å²) in [6, 6.07) is 5.97. The van der Waals surface area contributed by atoms with E-state index in [1.165, 1.54) is 12.0 Å². The van der Waals surface area contributed by atoms with Crippen LogP contribution in [0.4, 0.5) is 5.69 Å². The molecule has 2 aliphatic rings. The van der Waals surface area contributed by atoms with Gasteiger partial charge in [-0.2, -0.15) is 0 Å². The molecule has 0 atom stereocenters. The van der Waals surface area contributed by atoms with Crippen molar-refractivity contribution in [2.75, 3.05) is 25.1 Å². The maximum atomic E-state index is 13.5. The monoisotopic (exact) mass is 469 g/mol. The molecule has 6 heteroatoms. The Hall–Kier alpha value is -2.34. The van der Waals surface area contributed by atoms with Crippen molar-refractivity contribution in [3.05, 3.63) is 39.8 Å². The van der Waals surface area contributed by atoms with E-state index in [9.17, 15) is 9.59 Å². The molecule has 0 unspecified atom stereocenters. The largest absolute Gasteiger partial charge is 0.465 e. The summed E-state index contributed by atoms with van der Waals surface area (Å²) in [6.07, 6.45) is 5.15. The molecule has 178 valence electrons. The molecule has 2 heterocycles. The summed E-state index contributed by atoms with van der Waals surface area (Å²) in [6.45, 7) is 12.1. The van der Waals surface area contributed by atoms with Crippen LogP contribution in [0, 0.1) is 5.41 Å². The van der Waals surface area contributed by atoms with Gasteiger partial charge in [0.2, 0.25) is 0 Å². The molecule has 0 N–H and O–H groups in total. The highest BCUT2D eigenvalue weighted by atomic mass is 32.1. The number of carbonyl (C=O) groups is 2. The molecule has 0 amide bonds. The first kappa shape index (κ1) is 23.8. The van der Waals surface area contributed by atoms with Gasteiger partial charge in [0.15, 0.2) is 0 Å². The van der Waals surface area contributed by atoms with Gasteiger partial charge in [0, 0.05) is 29.2 Å². The van der Waals surface area contributed by atoms with Gasteiger partial charge in [0.05, 0.1) is 23.1 Å². The van der Waals surface area contributed by atoms with Crippen molar-refractivity contribution in [1.82, 2.24) is 0 Å². The van der Waals surface area contributed by atoms with Crippen LogP contribution >= 0.6 is 11.3 Å². The molecule has 5 nitrogen and oxygen atoms in total. The van der Waals surface area contributed by atoms with Crippen LogP contribution in [-0.2, 0) is 22.3 Å². The van der Waals surface area contributed by atoms with Crippen molar-refractivity contribution in [2.24, 2.45) is 5.41 Å². The first-order chi connectivity index (χ1) is 15.5. The smallest absolute Gasteiger partial charge is 0.340 e. The molecule has 1 aromatic heterocycles. The lowest BCUT2D eigenvalue weighted by Gasteiger charge is -2.30. The van der Waals surface area contributed by atoms with Gasteiger partial charge in [0.25, 0.3) is 0 Å². The average molecular weight is 470 g/mol. The van der Waals surface area contributed by atoms with Gasteiger partial charge >= 0.3 is 11.9 Å². The van der Waals surface area contributed by atoms with Crippen LogP contribution in [0.15, 0.2) is 18.2 Å². The maximum Gasteiger partial charge on any atom is 0.340 e. The zero-order valence-electron chi connectivity index (χ0n) is 20.7. The molecule has 0 spiro atoms. The third kappa shape index (κ3) is 4.96. The summed E-state index contributed by atoms with van der Waals surface area (Å²) in [7, 11) is 1.41. The molecule has 1 saturated heterocycles. The van der Waals surface area contributed by atoms with E-state index < -0.39 is 5.60 Å². The molecule has 4 rings (SSSR count). The number of methoxy groups -OCH3 is 1. The fourth-order valence-electron chi connectivity index (χ4n) is 4.84. The standard InChI is InChI=1S/C27H35NO4S/c1-26(2,3)32-25(30)22-20-16-27(4,5)12-11-21(20)33-23(22)18-10-9-17(28-13-7-8-14-28)15-19(18)24(29)31-6/h9-10,15H,7-8,11-14,16H2,1-6H3. The number of hydrogen-bond acceptors (Lipinski definition) is 6. The Labute approximate surface area is 201 Å². The Morgan fingerprint density at radius 3 is 2.42 bits per heavy atom. The van der Waals surface area contributed by atoms with Crippen molar-refractivity contribution in [3.63, 3.8) is 0 Å². The van der Waals surface area contributed by atoms with Gasteiger partial charge in [0.1, 0.15) is 5.60 Å². The molecular weight excluding hydrogens is 434 g/mol. The van der Waals surface area contributed by atoms with Crippen molar-refractivity contribution in [3.8, 4) is 10.4 Å². The molecule has 1 fully saturated rings. The Morgan fingerprint density at radius 1 is 1.09 bits per heavy atom. The number of esters is 2. The fraction of sp³-hybridized carbons (Fsp3) is 0.556. The van der Waals surface area contributed by atoms with Gasteiger partial charge in [-0.05, 0) is 76.0 Å². The minimum Gasteiger partial charge on any atom is -0.465 e. The van der Waals surface area contributed by atoms with E-state index in [1.54, 1.807) is 11.3 Å². The summed E-state index contributed by atoms with van der Waals surface area (Å²) < 4.78 is 11.0. The number of carbonyl (C=O) groups excluding carboxylic acids is 2. The lowest BCUT2D eigenvalue weighted by Crippen LogP contribution is -2.27. The van der Waals surface area contributed by atoms with Crippen molar-refractivity contribution < 1.29 is 19.1 Å². The summed E-state index contributed by atoms with van der Waals surface area (Å²) in [5.41, 5.74) is 3.51. The zero-order valence-corrected chi connectivity index (χ0v) is 21.5. The van der Waals surface area contributed by atoms with E-state index in [0.717, 1.165) is 66.9 Å². The van der Waals surface area contributed by atoms with Gasteiger partial charge in [-0.25, -0.2) is 9.59 Å². The number of rotatable bonds is 4. The Morgan fingerprint density at radius 2 is 1.79 bits per heavy atom. The number of nitrogens with zero attached hydrogens (tertiary/aromatic N) is 1. The van der Waals surface area contributed by atoms with Crippen LogP contribution < -0.4 is 4.90 Å². The van der Waals surface area contributed by atoms with E-state index in [2.05, 4.69) is 24.8 Å². The van der Waals surface area contributed by atoms with Crippen molar-refractivity contribution in [2.45, 2.75) is 72.3 Å². The zero-order chi connectivity index (χ0) is 24.0. The quantitative estimate of drug-likeness (QED) is 0.494. The van der Waals surface area contributed by atoms with Crippen LogP contribution in [0.25, 0.3) is 10.4 Å². The first-order valence-corrected chi connectivity index (χ1v) is 12.7. The number of ether oxygens (including phenoxy) is 2. The maximum absolute atomic E-state index is 13.5. The van der Waals surface area contributed by atoms with Crippen molar-refractivity contribution in [1.29, 1.82) is 0 Å². The highest BCUT2D eigenvalue weighted by Gasteiger charge is 2.35. The van der Waals surface area contributed by atoms with E-state index in [1.807, 2.05) is 32.9 Å². The number of aryl methyl sites for hydroxylation is 1. The molecule has 1 aliphatic carbocycles. The van der Waals surface area contributed by atoms with Gasteiger partial charge in [-0.3, -0.25) is 0 Å². The number of anilines is 1. The van der Waals surface area contributed by atoms with Crippen LogP contribution in [0.2, 0.25) is 0 Å². The molecule has 0 saturated carbocycles. The molecule has 0 bridgehead atoms. The number of benzene rings is 1. The van der Waals surface area contributed by atoms with Crippen LogP contribution in [0.5, 0.6) is 0 Å². The predicted octanol–water partition coefficient (Wildman–Crippen LogP) is 6.27. The van der Waals surface area contributed by atoms with Gasteiger partial charge in [-0.1, -0.05) is 19.9 Å². The highest BCUT2D eigenvalue weighted by Crippen LogP contribution is 2.46. The fourth-order valence-corrected chi connectivity index (χ4v) is 6.18. The normalized spacial score (nSPS) is 17.6. The second kappa shape index (κ2) is 8.79. The van der Waals surface area contributed by atoms with Crippen LogP contribution in [0.1, 0.15) is 85.0 Å². The number of thiophene rings is 1. The van der Waals surface area contributed by atoms with Gasteiger partial charge in [-0.15, -0.1) is 11.3 Å². The Balaban J connectivity index is 1.88. The van der Waals surface area contributed by atoms with Gasteiger partial charge < -0.3 is 14.4 Å². The molecule has 1 aliphatic heterocycles. The number of fused-ring (bicyclic) bond motifs is 1. The van der Waals surface area contributed by atoms with E-state index in [4.69, 9.17) is 9.47 Å². The minimum absolute atomic E-state index is 0.118. The lowest BCUT2D eigenvalue weighted by atomic mass is 9.75. The summed E-state index contributed by atoms with van der Waals surface area (Å²) in [5, 5.41) is 0. The molecule has 33 heavy (non-hydrogen) atoms. The van der Waals surface area contributed by atoms with Crippen molar-refractivity contribution >= 4 is 29.0 Å². The third-order valence-corrected chi connectivity index (χ3v) is 7.83. The first-order valence-electron chi connectivity index (χ1n) is 11.8. The average Bonchev–Trinajstić information content (AvgIpc) is 3.38. The second-order valence-electron chi connectivity index (χ2n) is 11.0. The highest BCUT2D eigenvalue weighted by molar-refractivity contribution is 7.16. The Kier molecular flexibility index (Phi) is 6.34. The SMILES string of the molecule is COC(=O)c1cc(N2CCCC2)ccc1-c1sc2c(c1C(=O)OC(C)(C)C)CC(C)(C)CC2. The summed E-state index contributed by atoms with van der Waals surface area (Å²) in [4.78, 5) is 30.7. The van der Waals surface area contributed by atoms with E-state index >= 15 is 0 Å². The lowest BCUT2D eigenvalue weighted by molar-refractivity contribution is 0.00688. The van der Waals surface area contributed by atoms with E-state index in [-0.39, 0.29) is 17.4 Å². The predicted molar refractivity (Wildman–Crippen MR) is 134 cm³/mol. The van der Waals surface area contributed by atoms with Crippen LogP contribution in [0.3, 0.4) is 0 Å². The molecule has 1 aromatic carbocycles. The Bertz CT molecular complexity index is 1070. The van der Waals surface area contributed by atoms with Crippen LogP contribution in [-0.4, -0.2) is 37.7 Å². The van der Waals surface area contributed by atoms with E-state index in [0.29, 0.717) is 11.1 Å². The molecular formula is C27H35NO4S. The molecule has 0 radical (unpaired) electrons. The molecule has 2 aromatic rings.